The molecule has 1 heteroatoms. The van der Waals surface area contributed by atoms with Gasteiger partial charge < -0.3 is 0 Å². The van der Waals surface area contributed by atoms with Gasteiger partial charge in [-0.3, -0.25) is 0 Å². The van der Waals surface area contributed by atoms with Crippen molar-refractivity contribution in [3.8, 4) is 11.1 Å². The summed E-state index contributed by atoms with van der Waals surface area (Å²) in [6, 6.07) is 53.5. The first-order valence-corrected chi connectivity index (χ1v) is 16.3. The molecule has 6 aromatic carbocycles. The molecule has 0 spiro atoms. The van der Waals surface area contributed by atoms with Crippen LogP contribution >= 0.6 is 11.8 Å². The second kappa shape index (κ2) is 10.3. The monoisotopic (exact) mass is 582 g/mol. The first kappa shape index (κ1) is 27.0. The maximum atomic E-state index is 2.46. The zero-order valence-electron chi connectivity index (χ0n) is 25.3. The van der Waals surface area contributed by atoms with Crippen molar-refractivity contribution in [1.82, 2.24) is 0 Å². The molecule has 1 aliphatic heterocycles. The van der Waals surface area contributed by atoms with Gasteiger partial charge in [-0.1, -0.05) is 159 Å². The zero-order valence-corrected chi connectivity index (χ0v) is 26.2. The number of fused-ring (bicyclic) bond motifs is 6. The number of hydrogen-bond acceptors (Lipinski definition) is 1. The molecule has 0 saturated heterocycles. The highest BCUT2D eigenvalue weighted by atomic mass is 32.2. The van der Waals surface area contributed by atoms with Crippen LogP contribution in [0, 0.1) is 0 Å². The molecule has 44 heavy (non-hydrogen) atoms. The van der Waals surface area contributed by atoms with Gasteiger partial charge in [0.15, 0.2) is 0 Å². The highest BCUT2D eigenvalue weighted by molar-refractivity contribution is 7.99. The molecule has 1 unspecified atom stereocenters. The highest BCUT2D eigenvalue weighted by Crippen LogP contribution is 2.60. The van der Waals surface area contributed by atoms with E-state index in [0.29, 0.717) is 0 Å². The van der Waals surface area contributed by atoms with Crippen LogP contribution in [0.2, 0.25) is 0 Å². The summed E-state index contributed by atoms with van der Waals surface area (Å²) in [6.07, 6.45) is 2.33. The molecule has 6 aromatic rings. The lowest BCUT2D eigenvalue weighted by Crippen LogP contribution is -2.29. The third-order valence-electron chi connectivity index (χ3n) is 9.83. The van der Waals surface area contributed by atoms with Gasteiger partial charge in [0, 0.05) is 26.2 Å². The van der Waals surface area contributed by atoms with Gasteiger partial charge in [0.1, 0.15) is 0 Å². The van der Waals surface area contributed by atoms with Crippen molar-refractivity contribution in [2.75, 3.05) is 0 Å². The maximum Gasteiger partial charge on any atom is 0.0445 e. The first-order chi connectivity index (χ1) is 21.5. The molecule has 0 N–H and O–H groups in total. The summed E-state index contributed by atoms with van der Waals surface area (Å²) >= 11 is 1.95. The van der Waals surface area contributed by atoms with E-state index >= 15 is 0 Å². The van der Waals surface area contributed by atoms with E-state index in [4.69, 9.17) is 0 Å². The summed E-state index contributed by atoms with van der Waals surface area (Å²) < 4.78 is 0. The topological polar surface area (TPSA) is 0 Å². The zero-order chi connectivity index (χ0) is 29.9. The lowest BCUT2D eigenvalue weighted by molar-refractivity contribution is 0.642. The molecular weight excluding hydrogens is 549 g/mol. The largest absolute Gasteiger partial charge is 0.0888 e. The Morgan fingerprint density at radius 3 is 1.93 bits per heavy atom. The van der Waals surface area contributed by atoms with E-state index in [9.17, 15) is 0 Å². The van der Waals surface area contributed by atoms with E-state index in [-0.39, 0.29) is 10.8 Å². The minimum atomic E-state index is -0.237. The van der Waals surface area contributed by atoms with E-state index in [1.165, 1.54) is 71.0 Å². The van der Waals surface area contributed by atoms with Gasteiger partial charge in [0.25, 0.3) is 0 Å². The molecule has 0 nitrogen and oxygen atoms in total. The Hall–Kier alpha value is -4.59. The minimum Gasteiger partial charge on any atom is -0.0888 e. The molecule has 212 valence electrons. The molecule has 0 bridgehead atoms. The molecule has 1 aliphatic carbocycles. The summed E-state index contributed by atoms with van der Waals surface area (Å²) in [5.41, 5.74) is 14.3. The molecule has 0 fully saturated rings. The van der Waals surface area contributed by atoms with Crippen molar-refractivity contribution < 1.29 is 0 Å². The van der Waals surface area contributed by atoms with Crippen molar-refractivity contribution >= 4 is 23.4 Å². The number of hydrogen-bond donors (Lipinski definition) is 0. The van der Waals surface area contributed by atoms with Gasteiger partial charge in [-0.05, 0) is 80.8 Å². The van der Waals surface area contributed by atoms with E-state index < -0.39 is 0 Å². The van der Waals surface area contributed by atoms with E-state index in [1.807, 2.05) is 11.8 Å². The normalized spacial score (nSPS) is 17.8. The molecule has 0 aromatic heterocycles. The third-order valence-corrected chi connectivity index (χ3v) is 11.0. The lowest BCUT2D eigenvalue weighted by Gasteiger charge is -2.39. The van der Waals surface area contributed by atoms with Crippen LogP contribution in [-0.4, -0.2) is 0 Å². The molecule has 8 rings (SSSR count). The predicted molar refractivity (Wildman–Crippen MR) is 186 cm³/mol. The van der Waals surface area contributed by atoms with Crippen molar-refractivity contribution in [1.29, 1.82) is 0 Å². The number of benzene rings is 6. The Morgan fingerprint density at radius 1 is 0.545 bits per heavy atom. The van der Waals surface area contributed by atoms with Crippen molar-refractivity contribution in [3.05, 3.63) is 190 Å². The molecule has 0 radical (unpaired) electrons. The van der Waals surface area contributed by atoms with Crippen LogP contribution in [0.4, 0.5) is 0 Å². The van der Waals surface area contributed by atoms with Crippen LogP contribution < -0.4 is 0 Å². The Morgan fingerprint density at radius 2 is 1.18 bits per heavy atom. The van der Waals surface area contributed by atoms with Gasteiger partial charge in [-0.2, -0.15) is 0 Å². The summed E-state index contributed by atoms with van der Waals surface area (Å²) in [7, 11) is 0. The fraction of sp³-hybridized carbons (Fsp3) is 0.116. The molecule has 0 saturated carbocycles. The van der Waals surface area contributed by atoms with Crippen LogP contribution in [0.3, 0.4) is 0 Å². The second-order valence-electron chi connectivity index (χ2n) is 12.7. The van der Waals surface area contributed by atoms with Crippen LogP contribution in [0.25, 0.3) is 22.8 Å². The fourth-order valence-corrected chi connectivity index (χ4v) is 8.89. The molecular formula is C43H34S. The van der Waals surface area contributed by atoms with Crippen LogP contribution in [0.15, 0.2) is 155 Å². The summed E-state index contributed by atoms with van der Waals surface area (Å²) in [4.78, 5) is 2.75. The van der Waals surface area contributed by atoms with Crippen molar-refractivity contribution in [3.63, 3.8) is 0 Å². The minimum absolute atomic E-state index is 0.120. The standard InChI is InChI=1S/C43H34S/c1-42(2)36-25-26-37-41(44-39-22-14-13-21-35(39)43(37,3)32-19-11-6-12-20-32)40(36)33-24-23-31(28-38(33)42)34(30-17-9-5-10-18-30)27-29-15-7-4-8-16-29/h4-28H,1-3H3. The smallest absolute Gasteiger partial charge is 0.0445 e. The molecule has 0 amide bonds. The van der Waals surface area contributed by atoms with Crippen molar-refractivity contribution in [2.45, 2.75) is 41.4 Å². The van der Waals surface area contributed by atoms with E-state index in [1.54, 1.807) is 0 Å². The summed E-state index contributed by atoms with van der Waals surface area (Å²) in [6.45, 7) is 7.21. The SMILES string of the molecule is CC1(C)c2cc(C(=Cc3ccccc3)c3ccccc3)ccc2-c2c1ccc1c2Sc2ccccc2C1(C)c1ccccc1. The summed E-state index contributed by atoms with van der Waals surface area (Å²) in [5.74, 6) is 0. The van der Waals surface area contributed by atoms with E-state index in [0.717, 1.165) is 0 Å². The van der Waals surface area contributed by atoms with Gasteiger partial charge in [-0.25, -0.2) is 0 Å². The first-order valence-electron chi connectivity index (χ1n) is 15.4. The van der Waals surface area contributed by atoms with Crippen LogP contribution in [-0.2, 0) is 10.8 Å². The number of rotatable bonds is 4. The summed E-state index contributed by atoms with van der Waals surface area (Å²) in [5, 5.41) is 0. The maximum absolute atomic E-state index is 2.46. The molecule has 1 atom stereocenters. The van der Waals surface area contributed by atoms with Gasteiger partial charge in [0.05, 0.1) is 0 Å². The van der Waals surface area contributed by atoms with Gasteiger partial charge in [-0.15, -0.1) is 0 Å². The lowest BCUT2D eigenvalue weighted by atomic mass is 9.69. The Balaban J connectivity index is 1.34. The van der Waals surface area contributed by atoms with Gasteiger partial charge >= 0.3 is 0 Å². The van der Waals surface area contributed by atoms with E-state index in [2.05, 4.69) is 172 Å². The fourth-order valence-electron chi connectivity index (χ4n) is 7.44. The third kappa shape index (κ3) is 4.07. The van der Waals surface area contributed by atoms with Crippen LogP contribution in [0.5, 0.6) is 0 Å². The Kier molecular flexibility index (Phi) is 6.29. The van der Waals surface area contributed by atoms with Gasteiger partial charge in [0.2, 0.25) is 0 Å². The van der Waals surface area contributed by atoms with Crippen LogP contribution in [0.1, 0.15) is 65.3 Å². The quantitative estimate of drug-likeness (QED) is 0.186. The average molecular weight is 583 g/mol. The Labute approximate surface area is 265 Å². The molecule has 2 aliphatic rings. The highest BCUT2D eigenvalue weighted by Gasteiger charge is 2.44. The Bertz CT molecular complexity index is 2050. The van der Waals surface area contributed by atoms with Crippen molar-refractivity contribution in [2.24, 2.45) is 0 Å². The average Bonchev–Trinajstić information content (AvgIpc) is 3.31. The second-order valence-corrected chi connectivity index (χ2v) is 13.7. The predicted octanol–water partition coefficient (Wildman–Crippen LogP) is 11.4. The molecule has 1 heterocycles.